The quantitative estimate of drug-likeness (QED) is 0.193. The number of anilines is 2. The Kier molecular flexibility index (Phi) is 8.66. The number of amides is 2. The number of hydrogen-bond donors (Lipinski definition) is 1. The van der Waals surface area contributed by atoms with Crippen LogP contribution >= 0.6 is 0 Å². The Hall–Kier alpha value is -4.19. The van der Waals surface area contributed by atoms with E-state index in [0.717, 1.165) is 22.6 Å². The van der Waals surface area contributed by atoms with Gasteiger partial charge in [0.2, 0.25) is 5.91 Å². The lowest BCUT2D eigenvalue weighted by atomic mass is 9.82. The smallest absolute Gasteiger partial charge is 0.304 e. The topological polar surface area (TPSA) is 115 Å². The van der Waals surface area contributed by atoms with E-state index in [9.17, 15) is 19.5 Å². The molecule has 11 heteroatoms. The summed E-state index contributed by atoms with van der Waals surface area (Å²) in [4.78, 5) is 42.3. The van der Waals surface area contributed by atoms with Crippen molar-refractivity contribution < 1.29 is 38.4 Å². The molecule has 1 unspecified atom stereocenters. The van der Waals surface area contributed by atoms with Crippen molar-refractivity contribution in [3.05, 3.63) is 77.9 Å². The van der Waals surface area contributed by atoms with Crippen molar-refractivity contribution in [2.24, 2.45) is 5.92 Å². The number of aliphatic hydroxyl groups excluding tert-OH is 1. The summed E-state index contributed by atoms with van der Waals surface area (Å²) in [6.07, 6.45) is -0.453. The lowest BCUT2D eigenvalue weighted by Crippen LogP contribution is -2.54. The lowest BCUT2D eigenvalue weighted by Gasteiger charge is -2.39. The molecule has 2 amide bonds. The molecule has 1 spiro atoms. The monoisotopic (exact) mass is 658 g/mol. The highest BCUT2D eigenvalue weighted by Crippen LogP contribution is 2.60. The van der Waals surface area contributed by atoms with E-state index < -0.39 is 25.9 Å². The molecule has 3 aromatic carbocycles. The highest BCUT2D eigenvalue weighted by atomic mass is 28.3. The van der Waals surface area contributed by atoms with Gasteiger partial charge in [0.15, 0.2) is 11.8 Å². The first-order chi connectivity index (χ1) is 22.5. The number of ether oxygens (including phenoxy) is 4. The second-order valence-electron chi connectivity index (χ2n) is 13.1. The van der Waals surface area contributed by atoms with E-state index in [4.69, 9.17) is 18.9 Å². The summed E-state index contributed by atoms with van der Waals surface area (Å²) in [6, 6.07) is 21.2. The predicted octanol–water partition coefficient (Wildman–Crippen LogP) is 4.47. The van der Waals surface area contributed by atoms with Gasteiger partial charge >= 0.3 is 5.97 Å². The summed E-state index contributed by atoms with van der Waals surface area (Å²) in [5, 5.41) is 11.4. The molecule has 47 heavy (non-hydrogen) atoms. The minimum Gasteiger partial charge on any atom is -0.497 e. The van der Waals surface area contributed by atoms with Crippen LogP contribution in [-0.4, -0.2) is 64.1 Å². The lowest BCUT2D eigenvalue weighted by molar-refractivity contribution is -0.154. The van der Waals surface area contributed by atoms with E-state index >= 15 is 0 Å². The van der Waals surface area contributed by atoms with E-state index in [0.29, 0.717) is 17.9 Å². The van der Waals surface area contributed by atoms with Gasteiger partial charge < -0.3 is 29.0 Å². The summed E-state index contributed by atoms with van der Waals surface area (Å²) in [5.41, 5.74) is 1.61. The Bertz CT molecular complexity index is 1690. The van der Waals surface area contributed by atoms with Gasteiger partial charge in [-0.25, -0.2) is 0 Å². The maximum absolute atomic E-state index is 14.9. The summed E-state index contributed by atoms with van der Waals surface area (Å²) in [7, 11) is 0.932. The number of aliphatic hydroxyl groups is 1. The maximum atomic E-state index is 14.9. The Labute approximate surface area is 276 Å². The molecule has 2 saturated heterocycles. The predicted molar refractivity (Wildman–Crippen MR) is 180 cm³/mol. The fourth-order valence-electron chi connectivity index (χ4n) is 7.94. The number of methoxy groups -OCH3 is 2. The zero-order valence-corrected chi connectivity index (χ0v) is 28.7. The molecule has 3 heterocycles. The minimum atomic E-state index is -2.32. The van der Waals surface area contributed by atoms with Gasteiger partial charge in [-0.2, -0.15) is 0 Å². The minimum absolute atomic E-state index is 0.00459. The fourth-order valence-corrected chi connectivity index (χ4v) is 12.0. The molecule has 1 N–H and O–H groups in total. The van der Waals surface area contributed by atoms with Gasteiger partial charge in [0.1, 0.15) is 11.5 Å². The molecule has 0 saturated carbocycles. The Balaban J connectivity index is 1.38. The maximum Gasteiger partial charge on any atom is 0.304 e. The van der Waals surface area contributed by atoms with Crippen LogP contribution in [0.25, 0.3) is 0 Å². The third-order valence-corrected chi connectivity index (χ3v) is 14.6. The van der Waals surface area contributed by atoms with Gasteiger partial charge in [-0.15, -0.1) is 0 Å². The number of rotatable bonds is 10. The molecule has 10 nitrogen and oxygen atoms in total. The number of nitrogens with zero attached hydrogens (tertiary/aromatic N) is 2. The van der Waals surface area contributed by atoms with E-state index in [2.05, 4.69) is 32.2 Å². The largest absolute Gasteiger partial charge is 0.497 e. The van der Waals surface area contributed by atoms with Gasteiger partial charge in [0, 0.05) is 30.7 Å². The number of carbonyl (C=O) groups excluding carboxylic acids is 3. The average Bonchev–Trinajstić information content (AvgIpc) is 3.47. The Morgan fingerprint density at radius 3 is 2.36 bits per heavy atom. The van der Waals surface area contributed by atoms with Crippen LogP contribution < -0.4 is 24.5 Å². The molecular formula is C36H42N2O8Si. The Morgan fingerprint density at radius 2 is 1.72 bits per heavy atom. The Morgan fingerprint density at radius 1 is 1.02 bits per heavy atom. The molecule has 0 radical (unpaired) electrons. The van der Waals surface area contributed by atoms with Crippen LogP contribution in [0.2, 0.25) is 18.6 Å². The standard InChI is InChI=1S/C36H42N2O8Si/c1-22-34(47(5,6)28-13-10-26(43-3)11-14-28)31(16-17-39)46-36(22)29-19-27(44-4)12-15-30(29)37(35(36)42)21-24-8-7-9-25(18-24)38-32(41)20-33(38)45-23(2)40/h7-15,18-19,22,31,33-34,39H,16-17,20-21H2,1-6H3/t22-,31+,33?,34-,36+/m0/s1. The number of β-lactam (4-membered cyclic amide) rings is 1. The summed E-state index contributed by atoms with van der Waals surface area (Å²) in [6.45, 7) is 8.21. The van der Waals surface area contributed by atoms with Crippen molar-refractivity contribution in [1.29, 1.82) is 0 Å². The van der Waals surface area contributed by atoms with Crippen molar-refractivity contribution in [2.45, 2.75) is 69.8 Å². The highest BCUT2D eigenvalue weighted by molar-refractivity contribution is 6.91. The van der Waals surface area contributed by atoms with Crippen LogP contribution in [-0.2, 0) is 36.0 Å². The fraction of sp³-hybridized carbons (Fsp3) is 0.417. The van der Waals surface area contributed by atoms with E-state index in [1.807, 2.05) is 48.5 Å². The summed E-state index contributed by atoms with van der Waals surface area (Å²) >= 11 is 0. The first-order valence-corrected chi connectivity index (χ1v) is 19.1. The number of carbonyl (C=O) groups is 3. The van der Waals surface area contributed by atoms with Crippen LogP contribution in [0.5, 0.6) is 11.5 Å². The third-order valence-electron chi connectivity index (χ3n) is 10.2. The number of esters is 1. The molecule has 3 aliphatic rings. The van der Waals surface area contributed by atoms with Crippen molar-refractivity contribution in [3.63, 3.8) is 0 Å². The molecule has 5 atom stereocenters. The van der Waals surface area contributed by atoms with Crippen LogP contribution in [0.15, 0.2) is 66.7 Å². The summed E-state index contributed by atoms with van der Waals surface area (Å²) < 4.78 is 23.4. The molecular weight excluding hydrogens is 616 g/mol. The van der Waals surface area contributed by atoms with E-state index in [1.54, 1.807) is 25.2 Å². The molecule has 0 aromatic heterocycles. The van der Waals surface area contributed by atoms with Crippen LogP contribution in [0, 0.1) is 5.92 Å². The van der Waals surface area contributed by atoms with Gasteiger partial charge in [-0.3, -0.25) is 19.3 Å². The second kappa shape index (κ2) is 12.4. The van der Waals surface area contributed by atoms with E-state index in [-0.39, 0.29) is 48.9 Å². The molecule has 248 valence electrons. The van der Waals surface area contributed by atoms with Crippen molar-refractivity contribution in [2.75, 3.05) is 30.6 Å². The van der Waals surface area contributed by atoms with Gasteiger partial charge in [0.25, 0.3) is 5.91 Å². The molecule has 6 rings (SSSR count). The van der Waals surface area contributed by atoms with Crippen molar-refractivity contribution >= 4 is 42.4 Å². The molecule has 3 aromatic rings. The molecule has 0 bridgehead atoms. The zero-order valence-electron chi connectivity index (χ0n) is 27.7. The molecule has 0 aliphatic carbocycles. The third kappa shape index (κ3) is 5.40. The number of benzene rings is 3. The van der Waals surface area contributed by atoms with E-state index in [1.165, 1.54) is 17.0 Å². The zero-order chi connectivity index (χ0) is 33.7. The first-order valence-electron chi connectivity index (χ1n) is 16.0. The van der Waals surface area contributed by atoms with Crippen LogP contribution in [0.1, 0.15) is 37.8 Å². The molecule has 2 fully saturated rings. The van der Waals surface area contributed by atoms with Crippen LogP contribution in [0.3, 0.4) is 0 Å². The van der Waals surface area contributed by atoms with Crippen molar-refractivity contribution in [1.82, 2.24) is 0 Å². The summed E-state index contributed by atoms with van der Waals surface area (Å²) in [5.74, 6) is 0.425. The molecule has 3 aliphatic heterocycles. The first kappa shape index (κ1) is 32.7. The highest BCUT2D eigenvalue weighted by Gasteiger charge is 2.66. The van der Waals surface area contributed by atoms with Crippen LogP contribution in [0.4, 0.5) is 11.4 Å². The second-order valence-corrected chi connectivity index (χ2v) is 17.8. The van der Waals surface area contributed by atoms with Crippen molar-refractivity contribution in [3.8, 4) is 11.5 Å². The normalized spacial score (nSPS) is 25.2. The number of fused-ring (bicyclic) bond motifs is 2. The number of hydrogen-bond acceptors (Lipinski definition) is 8. The van der Waals surface area contributed by atoms with Gasteiger partial charge in [-0.05, 0) is 60.0 Å². The SMILES string of the molecule is COc1ccc([Si](C)(C)[C@@H]2[C@@H](CCO)O[C@]3(C(=O)N(Cc4cccc(N5C(=O)CC5OC(C)=O)c4)c4ccc(OC)cc43)[C@H]2C)cc1. The average molecular weight is 659 g/mol. The van der Waals surface area contributed by atoms with Gasteiger partial charge in [-0.1, -0.05) is 49.5 Å². The van der Waals surface area contributed by atoms with Gasteiger partial charge in [0.05, 0.1) is 47.1 Å².